The van der Waals surface area contributed by atoms with Gasteiger partial charge in [-0.3, -0.25) is 20.2 Å². The Balaban J connectivity index is 1.68. The second-order valence-corrected chi connectivity index (χ2v) is 7.23. The number of aromatic nitrogens is 1. The quantitative estimate of drug-likeness (QED) is 0.482. The monoisotopic (exact) mass is 397 g/mol. The average Bonchev–Trinajstić information content (AvgIpc) is 3.07. The number of benzene rings is 2. The van der Waals surface area contributed by atoms with Gasteiger partial charge in [0.1, 0.15) is 0 Å². The molecule has 3 rings (SSSR count). The van der Waals surface area contributed by atoms with Gasteiger partial charge in [-0.25, -0.2) is 4.98 Å². The predicted molar refractivity (Wildman–Crippen MR) is 109 cm³/mol. The van der Waals surface area contributed by atoms with Gasteiger partial charge in [0, 0.05) is 17.0 Å². The van der Waals surface area contributed by atoms with Gasteiger partial charge in [0.05, 0.1) is 10.6 Å². The van der Waals surface area contributed by atoms with E-state index in [1.165, 1.54) is 35.1 Å². The second-order valence-electron chi connectivity index (χ2n) is 6.37. The molecule has 7 nitrogen and oxygen atoms in total. The number of thiazole rings is 1. The number of hydrogen-bond acceptors (Lipinski definition) is 6. The van der Waals surface area contributed by atoms with Crippen molar-refractivity contribution in [2.24, 2.45) is 0 Å². The molecule has 1 heterocycles. The first-order valence-electron chi connectivity index (χ1n) is 8.55. The predicted octanol–water partition coefficient (Wildman–Crippen LogP) is 4.66. The maximum atomic E-state index is 12.2. The minimum atomic E-state index is -0.549. The van der Waals surface area contributed by atoms with E-state index in [4.69, 9.17) is 4.74 Å². The van der Waals surface area contributed by atoms with Gasteiger partial charge >= 0.3 is 5.69 Å². The Bertz CT molecular complexity index is 1020. The standard InChI is InChI=1S/C20H19N3O4S/c1-12-8-13(2)19(14(3)9-12)15-11-28-20(21-15)22-18(24)10-27-17-7-5-4-6-16(17)23(25)26/h4-9,11H,10H2,1-3H3,(H,21,22,24). The van der Waals surface area contributed by atoms with Crippen LogP contribution in [0.2, 0.25) is 0 Å². The lowest BCUT2D eigenvalue weighted by molar-refractivity contribution is -0.385. The fourth-order valence-corrected chi connectivity index (χ4v) is 3.78. The van der Waals surface area contributed by atoms with Crippen LogP contribution in [0.15, 0.2) is 41.8 Å². The first kappa shape index (κ1) is 19.5. The number of nitro groups is 1. The molecule has 3 aromatic rings. The highest BCUT2D eigenvalue weighted by Gasteiger charge is 2.16. The summed E-state index contributed by atoms with van der Waals surface area (Å²) in [6, 6.07) is 10.1. The summed E-state index contributed by atoms with van der Waals surface area (Å²) < 4.78 is 5.30. The summed E-state index contributed by atoms with van der Waals surface area (Å²) in [4.78, 5) is 27.1. The van der Waals surface area contributed by atoms with Gasteiger partial charge in [0.25, 0.3) is 5.91 Å². The molecular formula is C20H19N3O4S. The minimum Gasteiger partial charge on any atom is -0.477 e. The van der Waals surface area contributed by atoms with Crippen molar-refractivity contribution in [1.29, 1.82) is 0 Å². The number of para-hydroxylation sites is 2. The molecule has 0 aliphatic rings. The zero-order chi connectivity index (χ0) is 20.3. The number of carbonyl (C=O) groups is 1. The van der Waals surface area contributed by atoms with E-state index in [-0.39, 0.29) is 18.0 Å². The van der Waals surface area contributed by atoms with Crippen molar-refractivity contribution in [2.75, 3.05) is 11.9 Å². The fraction of sp³-hybridized carbons (Fsp3) is 0.200. The Labute approximate surface area is 166 Å². The third-order valence-electron chi connectivity index (χ3n) is 4.10. The smallest absolute Gasteiger partial charge is 0.310 e. The Hall–Kier alpha value is -3.26. The van der Waals surface area contributed by atoms with E-state index in [9.17, 15) is 14.9 Å². The first-order chi connectivity index (χ1) is 13.3. The molecule has 0 aliphatic carbocycles. The molecule has 28 heavy (non-hydrogen) atoms. The molecule has 0 saturated carbocycles. The van der Waals surface area contributed by atoms with E-state index in [1.807, 2.05) is 26.2 Å². The Morgan fingerprint density at radius 2 is 1.89 bits per heavy atom. The van der Waals surface area contributed by atoms with E-state index in [2.05, 4.69) is 22.4 Å². The van der Waals surface area contributed by atoms with Crippen molar-refractivity contribution < 1.29 is 14.5 Å². The molecule has 0 bridgehead atoms. The van der Waals surface area contributed by atoms with Crippen LogP contribution in [0, 0.1) is 30.9 Å². The molecule has 0 aliphatic heterocycles. The lowest BCUT2D eigenvalue weighted by Gasteiger charge is -2.09. The van der Waals surface area contributed by atoms with Gasteiger partial charge in [0.15, 0.2) is 17.5 Å². The van der Waals surface area contributed by atoms with E-state index in [1.54, 1.807) is 6.07 Å². The van der Waals surface area contributed by atoms with Crippen molar-refractivity contribution >= 4 is 28.1 Å². The molecule has 2 aromatic carbocycles. The number of nitrogens with one attached hydrogen (secondary N) is 1. The van der Waals surface area contributed by atoms with Crippen LogP contribution in [0.1, 0.15) is 16.7 Å². The topological polar surface area (TPSA) is 94.4 Å². The van der Waals surface area contributed by atoms with Crippen LogP contribution < -0.4 is 10.1 Å². The van der Waals surface area contributed by atoms with Crippen LogP contribution >= 0.6 is 11.3 Å². The average molecular weight is 397 g/mol. The van der Waals surface area contributed by atoms with Crippen LogP contribution in [-0.2, 0) is 4.79 Å². The zero-order valence-electron chi connectivity index (χ0n) is 15.7. The number of ether oxygens (including phenoxy) is 1. The Morgan fingerprint density at radius 3 is 2.57 bits per heavy atom. The van der Waals surface area contributed by atoms with Gasteiger partial charge in [-0.1, -0.05) is 29.8 Å². The summed E-state index contributed by atoms with van der Waals surface area (Å²) in [6.45, 7) is 5.77. The third kappa shape index (κ3) is 4.34. The van der Waals surface area contributed by atoms with Gasteiger partial charge in [-0.2, -0.15) is 0 Å². The number of rotatable bonds is 6. The summed E-state index contributed by atoms with van der Waals surface area (Å²) in [7, 11) is 0. The van der Waals surface area contributed by atoms with E-state index < -0.39 is 10.8 Å². The van der Waals surface area contributed by atoms with Gasteiger partial charge in [-0.15, -0.1) is 11.3 Å². The number of amides is 1. The van der Waals surface area contributed by atoms with Gasteiger partial charge < -0.3 is 4.74 Å². The van der Waals surface area contributed by atoms with E-state index in [0.717, 1.165) is 22.4 Å². The van der Waals surface area contributed by atoms with Crippen LogP contribution in [0.3, 0.4) is 0 Å². The van der Waals surface area contributed by atoms with Gasteiger partial charge in [-0.05, 0) is 38.0 Å². The van der Waals surface area contributed by atoms with Crippen LogP contribution in [0.25, 0.3) is 11.3 Å². The fourth-order valence-electron chi connectivity index (χ4n) is 3.06. The SMILES string of the molecule is Cc1cc(C)c(-c2csc(NC(=O)COc3ccccc3[N+](=O)[O-])n2)c(C)c1. The molecule has 0 fully saturated rings. The third-order valence-corrected chi connectivity index (χ3v) is 4.86. The lowest BCUT2D eigenvalue weighted by Crippen LogP contribution is -2.20. The van der Waals surface area contributed by atoms with E-state index >= 15 is 0 Å². The van der Waals surface area contributed by atoms with Crippen LogP contribution in [0.4, 0.5) is 10.8 Å². The van der Waals surface area contributed by atoms with Crippen molar-refractivity contribution in [3.05, 3.63) is 68.6 Å². The highest BCUT2D eigenvalue weighted by molar-refractivity contribution is 7.14. The Kier molecular flexibility index (Phi) is 5.70. The number of carbonyl (C=O) groups excluding carboxylic acids is 1. The molecule has 0 spiro atoms. The zero-order valence-corrected chi connectivity index (χ0v) is 16.5. The van der Waals surface area contributed by atoms with E-state index in [0.29, 0.717) is 5.13 Å². The summed E-state index contributed by atoms with van der Waals surface area (Å²) >= 11 is 1.32. The highest BCUT2D eigenvalue weighted by Crippen LogP contribution is 2.31. The first-order valence-corrected chi connectivity index (χ1v) is 9.43. The molecule has 144 valence electrons. The van der Waals surface area contributed by atoms with Crippen molar-refractivity contribution in [3.63, 3.8) is 0 Å². The number of hydrogen-bond donors (Lipinski definition) is 1. The molecule has 0 atom stereocenters. The molecular weight excluding hydrogens is 378 g/mol. The minimum absolute atomic E-state index is 0.0494. The highest BCUT2D eigenvalue weighted by atomic mass is 32.1. The maximum Gasteiger partial charge on any atom is 0.310 e. The van der Waals surface area contributed by atoms with Crippen molar-refractivity contribution in [3.8, 4) is 17.0 Å². The number of nitro benzene ring substituents is 1. The summed E-state index contributed by atoms with van der Waals surface area (Å²) in [5.74, 6) is -0.384. The second kappa shape index (κ2) is 8.18. The molecule has 1 amide bonds. The Morgan fingerprint density at radius 1 is 1.21 bits per heavy atom. The van der Waals surface area contributed by atoms with Crippen molar-refractivity contribution in [2.45, 2.75) is 20.8 Å². The van der Waals surface area contributed by atoms with Crippen LogP contribution in [0.5, 0.6) is 5.75 Å². The number of aryl methyl sites for hydroxylation is 3. The molecule has 0 unspecified atom stereocenters. The largest absolute Gasteiger partial charge is 0.477 e. The molecule has 8 heteroatoms. The summed E-state index contributed by atoms with van der Waals surface area (Å²) in [5, 5.41) is 16.0. The lowest BCUT2D eigenvalue weighted by atomic mass is 9.98. The summed E-state index contributed by atoms with van der Waals surface area (Å²) in [5.41, 5.74) is 5.11. The molecule has 1 N–H and O–H groups in total. The summed E-state index contributed by atoms with van der Waals surface area (Å²) in [6.07, 6.45) is 0. The molecule has 1 aromatic heterocycles. The van der Waals surface area contributed by atoms with Gasteiger partial charge in [0.2, 0.25) is 0 Å². The maximum absolute atomic E-state index is 12.2. The molecule has 0 saturated heterocycles. The molecule has 0 radical (unpaired) electrons. The van der Waals surface area contributed by atoms with Crippen LogP contribution in [-0.4, -0.2) is 22.4 Å². The van der Waals surface area contributed by atoms with Crippen molar-refractivity contribution in [1.82, 2.24) is 4.98 Å². The number of anilines is 1. The normalized spacial score (nSPS) is 10.5. The number of nitrogens with zero attached hydrogens (tertiary/aromatic N) is 2.